The fourth-order valence-corrected chi connectivity index (χ4v) is 2.80. The van der Waals surface area contributed by atoms with Gasteiger partial charge in [0.05, 0.1) is 10.9 Å². The zero-order valence-corrected chi connectivity index (χ0v) is 14.0. The van der Waals surface area contributed by atoms with Crippen LogP contribution in [0, 0.1) is 11.7 Å². The van der Waals surface area contributed by atoms with Crippen LogP contribution in [-0.4, -0.2) is 22.4 Å². The number of amides is 1. The second-order valence-electron chi connectivity index (χ2n) is 5.66. The summed E-state index contributed by atoms with van der Waals surface area (Å²) in [7, 11) is 0. The van der Waals surface area contributed by atoms with Crippen LogP contribution in [0.4, 0.5) is 0 Å². The number of carbonyl (C=O) groups excluding carboxylic acids is 1. The maximum atomic E-state index is 12.3. The van der Waals surface area contributed by atoms with Gasteiger partial charge in [-0.05, 0) is 49.3 Å². The third-order valence-electron chi connectivity index (χ3n) is 3.78. The lowest BCUT2D eigenvalue weighted by molar-refractivity contribution is 0.0954. The van der Waals surface area contributed by atoms with Gasteiger partial charge in [-0.2, -0.15) is 0 Å². The molecule has 0 fully saturated rings. The van der Waals surface area contributed by atoms with Gasteiger partial charge in [-0.25, -0.2) is 0 Å². The smallest absolute Gasteiger partial charge is 0.259 e. The molecule has 3 N–H and O–H groups in total. The van der Waals surface area contributed by atoms with E-state index in [1.807, 2.05) is 25.1 Å². The van der Waals surface area contributed by atoms with Crippen molar-refractivity contribution in [1.29, 1.82) is 0 Å². The van der Waals surface area contributed by atoms with Gasteiger partial charge in [0.15, 0.2) is 4.77 Å². The number of fused-ring (bicyclic) bond motifs is 1. The molecule has 0 spiro atoms. The minimum absolute atomic E-state index is 0.177. The maximum Gasteiger partial charge on any atom is 0.259 e. The average Bonchev–Trinajstić information content (AvgIpc) is 2.54. The zero-order valence-electron chi connectivity index (χ0n) is 13.2. The summed E-state index contributed by atoms with van der Waals surface area (Å²) in [5.74, 6) is -0.177. The van der Waals surface area contributed by atoms with Crippen LogP contribution in [0.3, 0.4) is 0 Å². The topological polar surface area (TPSA) is 77.8 Å². The molecule has 5 nitrogen and oxygen atoms in total. The predicted octanol–water partition coefficient (Wildman–Crippen LogP) is 2.87. The molecule has 0 aliphatic rings. The van der Waals surface area contributed by atoms with E-state index in [0.29, 0.717) is 23.0 Å². The lowest BCUT2D eigenvalue weighted by atomic mass is 10.1. The number of rotatable bonds is 4. The molecule has 0 atom stereocenters. The molecule has 2 aromatic carbocycles. The van der Waals surface area contributed by atoms with Crippen LogP contribution in [0.15, 0.2) is 47.3 Å². The van der Waals surface area contributed by atoms with Crippen LogP contribution in [0.5, 0.6) is 0 Å². The second-order valence-corrected chi connectivity index (χ2v) is 6.07. The van der Waals surface area contributed by atoms with Gasteiger partial charge in [0, 0.05) is 12.1 Å². The summed E-state index contributed by atoms with van der Waals surface area (Å²) in [5.41, 5.74) is 3.16. The monoisotopic (exact) mass is 339 g/mol. The minimum atomic E-state index is -0.264. The summed E-state index contributed by atoms with van der Waals surface area (Å²) in [5, 5.41) is 3.37. The average molecular weight is 339 g/mol. The number of aromatic nitrogens is 2. The molecule has 0 unspecified atom stereocenters. The molecular weight excluding hydrogens is 322 g/mol. The Morgan fingerprint density at radius 1 is 1.17 bits per heavy atom. The van der Waals surface area contributed by atoms with Crippen molar-refractivity contribution >= 4 is 29.0 Å². The normalized spacial score (nSPS) is 10.7. The third-order valence-corrected chi connectivity index (χ3v) is 3.99. The molecule has 1 amide bonds. The lowest BCUT2D eigenvalue weighted by Gasteiger charge is -2.07. The van der Waals surface area contributed by atoms with Gasteiger partial charge < -0.3 is 10.3 Å². The number of benzene rings is 2. The van der Waals surface area contributed by atoms with E-state index in [-0.39, 0.29) is 16.2 Å². The molecule has 0 aliphatic heterocycles. The zero-order chi connectivity index (χ0) is 17.1. The van der Waals surface area contributed by atoms with Gasteiger partial charge in [0.2, 0.25) is 0 Å². The number of aromatic amines is 2. The standard InChI is InChI=1S/C18H17N3O2S/c1-11-3-2-4-12(9-11)7-8-19-16(22)13-5-6-14-15(10-13)20-18(24)21-17(14)23/h2-6,9-10H,7-8H2,1H3,(H,19,22)(H2,20,21,23,24). The second kappa shape index (κ2) is 6.80. The lowest BCUT2D eigenvalue weighted by Crippen LogP contribution is -2.25. The van der Waals surface area contributed by atoms with Crippen molar-refractivity contribution in [3.8, 4) is 0 Å². The van der Waals surface area contributed by atoms with Crippen molar-refractivity contribution in [2.45, 2.75) is 13.3 Å². The van der Waals surface area contributed by atoms with Crippen molar-refractivity contribution < 1.29 is 4.79 Å². The molecule has 0 saturated carbocycles. The van der Waals surface area contributed by atoms with Crippen molar-refractivity contribution in [2.24, 2.45) is 0 Å². The summed E-state index contributed by atoms with van der Waals surface area (Å²) >= 11 is 4.96. The molecule has 3 aromatic rings. The fraction of sp³-hybridized carbons (Fsp3) is 0.167. The Bertz CT molecular complexity index is 1020. The first-order valence-corrected chi connectivity index (χ1v) is 8.04. The number of H-pyrrole nitrogens is 2. The molecule has 122 valence electrons. The quantitative estimate of drug-likeness (QED) is 0.640. The largest absolute Gasteiger partial charge is 0.352 e. The van der Waals surface area contributed by atoms with Crippen LogP contribution in [0.2, 0.25) is 0 Å². The predicted molar refractivity (Wildman–Crippen MR) is 97.0 cm³/mol. The minimum Gasteiger partial charge on any atom is -0.352 e. The summed E-state index contributed by atoms with van der Waals surface area (Å²) in [6, 6.07) is 13.1. The number of hydrogen-bond acceptors (Lipinski definition) is 3. The highest BCUT2D eigenvalue weighted by molar-refractivity contribution is 7.71. The fourth-order valence-electron chi connectivity index (χ4n) is 2.60. The van der Waals surface area contributed by atoms with Crippen molar-refractivity contribution in [2.75, 3.05) is 6.54 Å². The molecule has 0 radical (unpaired) electrons. The van der Waals surface area contributed by atoms with E-state index >= 15 is 0 Å². The van der Waals surface area contributed by atoms with Crippen LogP contribution in [0.1, 0.15) is 21.5 Å². The molecule has 0 saturated heterocycles. The molecule has 1 heterocycles. The number of nitrogens with one attached hydrogen (secondary N) is 3. The van der Waals surface area contributed by atoms with Crippen molar-refractivity contribution in [3.05, 3.63) is 74.3 Å². The molecule has 24 heavy (non-hydrogen) atoms. The van der Waals surface area contributed by atoms with Gasteiger partial charge in [0.25, 0.3) is 11.5 Å². The highest BCUT2D eigenvalue weighted by atomic mass is 32.1. The molecule has 0 aliphatic carbocycles. The SMILES string of the molecule is Cc1cccc(CCNC(=O)c2ccc3c(=O)[nH]c(=S)[nH]c3c2)c1. The Balaban J connectivity index is 1.72. The Kier molecular flexibility index (Phi) is 4.57. The van der Waals surface area contributed by atoms with Crippen LogP contribution < -0.4 is 10.9 Å². The Morgan fingerprint density at radius 3 is 2.79 bits per heavy atom. The van der Waals surface area contributed by atoms with E-state index in [0.717, 1.165) is 6.42 Å². The van der Waals surface area contributed by atoms with Gasteiger partial charge in [-0.3, -0.25) is 14.6 Å². The number of carbonyl (C=O) groups is 1. The molecule has 3 rings (SSSR count). The first-order valence-electron chi connectivity index (χ1n) is 7.63. The van der Waals surface area contributed by atoms with E-state index in [1.54, 1.807) is 18.2 Å². The van der Waals surface area contributed by atoms with Crippen LogP contribution in [0.25, 0.3) is 10.9 Å². The van der Waals surface area contributed by atoms with Gasteiger partial charge in [-0.1, -0.05) is 29.8 Å². The third kappa shape index (κ3) is 3.60. The van der Waals surface area contributed by atoms with Gasteiger partial charge >= 0.3 is 0 Å². The van der Waals surface area contributed by atoms with Crippen molar-refractivity contribution in [1.82, 2.24) is 15.3 Å². The molecule has 6 heteroatoms. The maximum absolute atomic E-state index is 12.3. The Hall–Kier alpha value is -2.73. The summed E-state index contributed by atoms with van der Waals surface area (Å²) in [6.07, 6.45) is 0.767. The summed E-state index contributed by atoms with van der Waals surface area (Å²) in [6.45, 7) is 2.59. The van der Waals surface area contributed by atoms with Gasteiger partial charge in [-0.15, -0.1) is 0 Å². The van der Waals surface area contributed by atoms with E-state index in [1.165, 1.54) is 11.1 Å². The molecule has 0 bridgehead atoms. The molecule has 1 aromatic heterocycles. The summed E-state index contributed by atoms with van der Waals surface area (Å²) < 4.78 is 0.240. The first-order chi connectivity index (χ1) is 11.5. The van der Waals surface area contributed by atoms with E-state index in [2.05, 4.69) is 21.4 Å². The number of hydrogen-bond donors (Lipinski definition) is 3. The van der Waals surface area contributed by atoms with Crippen LogP contribution >= 0.6 is 12.2 Å². The van der Waals surface area contributed by atoms with Gasteiger partial charge in [0.1, 0.15) is 0 Å². The Labute approximate surface area is 143 Å². The van der Waals surface area contributed by atoms with Crippen LogP contribution in [-0.2, 0) is 6.42 Å². The van der Waals surface area contributed by atoms with E-state index in [4.69, 9.17) is 12.2 Å². The summed E-state index contributed by atoms with van der Waals surface area (Å²) in [4.78, 5) is 29.5. The highest BCUT2D eigenvalue weighted by Crippen LogP contribution is 2.10. The number of aryl methyl sites for hydroxylation is 1. The Morgan fingerprint density at radius 2 is 2.00 bits per heavy atom. The van der Waals surface area contributed by atoms with E-state index < -0.39 is 0 Å². The van der Waals surface area contributed by atoms with E-state index in [9.17, 15) is 9.59 Å². The van der Waals surface area contributed by atoms with Crippen molar-refractivity contribution in [3.63, 3.8) is 0 Å². The highest BCUT2D eigenvalue weighted by Gasteiger charge is 2.08. The first kappa shape index (κ1) is 16.1. The molecular formula is C18H17N3O2S.